The lowest BCUT2D eigenvalue weighted by Crippen LogP contribution is -2.26. The Kier molecular flexibility index (Phi) is 6.23. The van der Waals surface area contributed by atoms with Gasteiger partial charge in [0.15, 0.2) is 5.76 Å². The summed E-state index contributed by atoms with van der Waals surface area (Å²) in [6, 6.07) is 10.1. The minimum absolute atomic E-state index is 0.104. The van der Waals surface area contributed by atoms with Crippen molar-refractivity contribution in [2.45, 2.75) is 20.1 Å². The van der Waals surface area contributed by atoms with Crippen molar-refractivity contribution in [2.75, 3.05) is 19.4 Å². The van der Waals surface area contributed by atoms with Crippen molar-refractivity contribution in [1.29, 1.82) is 0 Å². The van der Waals surface area contributed by atoms with Crippen LogP contribution in [-0.4, -0.2) is 40.6 Å². The SMILES string of the molecule is CCn1ncc(NC(=O)c2ccc(COc3ccc(Cl)cc3)o2)c1C(=O)N(C)C. The highest BCUT2D eigenvalue weighted by Crippen LogP contribution is 2.20. The van der Waals surface area contributed by atoms with Crippen LogP contribution in [0.5, 0.6) is 5.75 Å². The molecule has 0 aliphatic heterocycles. The molecule has 1 N–H and O–H groups in total. The van der Waals surface area contributed by atoms with Gasteiger partial charge in [0, 0.05) is 25.7 Å². The van der Waals surface area contributed by atoms with E-state index in [4.69, 9.17) is 20.8 Å². The van der Waals surface area contributed by atoms with E-state index in [2.05, 4.69) is 10.4 Å². The van der Waals surface area contributed by atoms with Crippen LogP contribution in [0.4, 0.5) is 5.69 Å². The predicted molar refractivity (Wildman–Crippen MR) is 108 cm³/mol. The third-order valence-corrected chi connectivity index (χ3v) is 4.33. The molecule has 29 heavy (non-hydrogen) atoms. The monoisotopic (exact) mass is 416 g/mol. The summed E-state index contributed by atoms with van der Waals surface area (Å²) in [4.78, 5) is 26.4. The highest BCUT2D eigenvalue weighted by molar-refractivity contribution is 6.30. The maximum Gasteiger partial charge on any atom is 0.291 e. The fourth-order valence-corrected chi connectivity index (χ4v) is 2.73. The molecule has 0 saturated carbocycles. The van der Waals surface area contributed by atoms with Crippen LogP contribution in [-0.2, 0) is 13.2 Å². The summed E-state index contributed by atoms with van der Waals surface area (Å²) in [5.74, 6) is 0.490. The van der Waals surface area contributed by atoms with Gasteiger partial charge in [-0.3, -0.25) is 14.3 Å². The quantitative estimate of drug-likeness (QED) is 0.634. The lowest BCUT2D eigenvalue weighted by atomic mass is 10.3. The first kappa shape index (κ1) is 20.5. The fraction of sp³-hybridized carbons (Fsp3) is 0.250. The highest BCUT2D eigenvalue weighted by Gasteiger charge is 2.22. The molecule has 2 heterocycles. The van der Waals surface area contributed by atoms with Crippen molar-refractivity contribution in [3.63, 3.8) is 0 Å². The summed E-state index contributed by atoms with van der Waals surface area (Å²) in [5, 5.41) is 7.46. The smallest absolute Gasteiger partial charge is 0.291 e. The molecule has 0 atom stereocenters. The zero-order valence-electron chi connectivity index (χ0n) is 16.3. The van der Waals surface area contributed by atoms with Crippen LogP contribution in [0.25, 0.3) is 0 Å². The summed E-state index contributed by atoms with van der Waals surface area (Å²) in [6.45, 7) is 2.52. The molecule has 8 nitrogen and oxygen atoms in total. The molecule has 0 bridgehead atoms. The maximum absolute atomic E-state index is 12.6. The molecule has 2 aromatic heterocycles. The van der Waals surface area contributed by atoms with Crippen molar-refractivity contribution >= 4 is 29.1 Å². The van der Waals surface area contributed by atoms with Crippen molar-refractivity contribution in [1.82, 2.24) is 14.7 Å². The Morgan fingerprint density at radius 2 is 1.93 bits per heavy atom. The molecule has 0 fully saturated rings. The van der Waals surface area contributed by atoms with Crippen LogP contribution < -0.4 is 10.1 Å². The Labute approximate surface area is 173 Å². The molecule has 1 aromatic carbocycles. The number of aromatic nitrogens is 2. The van der Waals surface area contributed by atoms with Crippen LogP contribution in [0.2, 0.25) is 5.02 Å². The van der Waals surface area contributed by atoms with Crippen LogP contribution in [0, 0.1) is 0 Å². The summed E-state index contributed by atoms with van der Waals surface area (Å²) in [5.41, 5.74) is 0.634. The second-order valence-electron chi connectivity index (χ2n) is 6.38. The van der Waals surface area contributed by atoms with Gasteiger partial charge in [0.05, 0.1) is 11.9 Å². The first-order chi connectivity index (χ1) is 13.9. The Bertz CT molecular complexity index is 1010. The number of carbonyl (C=O) groups is 2. The molecule has 0 aliphatic rings. The molecular formula is C20H21ClN4O4. The van der Waals surface area contributed by atoms with E-state index in [0.29, 0.717) is 34.5 Å². The molecule has 3 aromatic rings. The molecule has 2 amide bonds. The molecule has 0 unspecified atom stereocenters. The van der Waals surface area contributed by atoms with E-state index in [-0.39, 0.29) is 18.3 Å². The Morgan fingerprint density at radius 3 is 2.59 bits per heavy atom. The normalized spacial score (nSPS) is 10.6. The third kappa shape index (κ3) is 4.78. The molecule has 9 heteroatoms. The molecular weight excluding hydrogens is 396 g/mol. The summed E-state index contributed by atoms with van der Waals surface area (Å²) < 4.78 is 12.7. The van der Waals surface area contributed by atoms with E-state index < -0.39 is 5.91 Å². The number of amides is 2. The predicted octanol–water partition coefficient (Wildman–Crippen LogP) is 3.68. The van der Waals surface area contributed by atoms with E-state index >= 15 is 0 Å². The second-order valence-corrected chi connectivity index (χ2v) is 6.82. The van der Waals surface area contributed by atoms with Gasteiger partial charge < -0.3 is 19.4 Å². The van der Waals surface area contributed by atoms with Gasteiger partial charge in [0.2, 0.25) is 0 Å². The standard InChI is InChI=1S/C20H21ClN4O4/c1-4-25-18(20(27)24(2)3)16(11-22-25)23-19(26)17-10-9-15(29-17)12-28-14-7-5-13(21)6-8-14/h5-11H,4,12H2,1-3H3,(H,23,26). The Morgan fingerprint density at radius 1 is 1.21 bits per heavy atom. The van der Waals surface area contributed by atoms with Gasteiger partial charge in [0.25, 0.3) is 11.8 Å². The van der Waals surface area contributed by atoms with Gasteiger partial charge in [-0.25, -0.2) is 0 Å². The highest BCUT2D eigenvalue weighted by atomic mass is 35.5. The number of hydrogen-bond donors (Lipinski definition) is 1. The number of anilines is 1. The van der Waals surface area contributed by atoms with Gasteiger partial charge in [-0.15, -0.1) is 0 Å². The average molecular weight is 417 g/mol. The number of benzene rings is 1. The third-order valence-electron chi connectivity index (χ3n) is 4.08. The molecule has 3 rings (SSSR count). The van der Waals surface area contributed by atoms with Crippen LogP contribution >= 0.6 is 11.6 Å². The van der Waals surface area contributed by atoms with E-state index in [1.165, 1.54) is 15.8 Å². The van der Waals surface area contributed by atoms with Crippen molar-refractivity contribution in [3.8, 4) is 5.75 Å². The summed E-state index contributed by atoms with van der Waals surface area (Å²) in [7, 11) is 3.28. The van der Waals surface area contributed by atoms with Gasteiger partial charge in [-0.1, -0.05) is 11.6 Å². The minimum Gasteiger partial charge on any atom is -0.486 e. The first-order valence-electron chi connectivity index (χ1n) is 8.95. The number of hydrogen-bond acceptors (Lipinski definition) is 5. The van der Waals surface area contributed by atoms with Gasteiger partial charge >= 0.3 is 0 Å². The number of halogens is 1. The lowest BCUT2D eigenvalue weighted by molar-refractivity contribution is 0.0816. The number of ether oxygens (including phenoxy) is 1. The van der Waals surface area contributed by atoms with Crippen LogP contribution in [0.1, 0.15) is 33.7 Å². The summed E-state index contributed by atoms with van der Waals surface area (Å²) in [6.07, 6.45) is 1.45. The number of carbonyl (C=O) groups excluding carboxylic acids is 2. The minimum atomic E-state index is -0.480. The molecule has 0 radical (unpaired) electrons. The average Bonchev–Trinajstić information content (AvgIpc) is 3.33. The first-order valence-corrected chi connectivity index (χ1v) is 9.32. The second kappa shape index (κ2) is 8.83. The number of nitrogens with zero attached hydrogens (tertiary/aromatic N) is 3. The zero-order chi connectivity index (χ0) is 21.0. The topological polar surface area (TPSA) is 89.6 Å². The Hall–Kier alpha value is -3.26. The number of nitrogens with one attached hydrogen (secondary N) is 1. The van der Waals surface area contributed by atoms with Crippen molar-refractivity contribution < 1.29 is 18.7 Å². The Balaban J connectivity index is 1.68. The van der Waals surface area contributed by atoms with Gasteiger partial charge in [-0.05, 0) is 43.3 Å². The largest absolute Gasteiger partial charge is 0.486 e. The van der Waals surface area contributed by atoms with E-state index in [1.807, 2.05) is 6.92 Å². The molecule has 0 spiro atoms. The fourth-order valence-electron chi connectivity index (χ4n) is 2.60. The number of aryl methyl sites for hydroxylation is 1. The molecule has 0 saturated heterocycles. The maximum atomic E-state index is 12.6. The number of rotatable bonds is 7. The van der Waals surface area contributed by atoms with Crippen molar-refractivity contribution in [2.24, 2.45) is 0 Å². The zero-order valence-corrected chi connectivity index (χ0v) is 17.1. The van der Waals surface area contributed by atoms with Crippen LogP contribution in [0.3, 0.4) is 0 Å². The van der Waals surface area contributed by atoms with E-state index in [0.717, 1.165) is 0 Å². The lowest BCUT2D eigenvalue weighted by Gasteiger charge is -2.13. The van der Waals surface area contributed by atoms with Gasteiger partial charge in [-0.2, -0.15) is 5.10 Å². The van der Waals surface area contributed by atoms with E-state index in [9.17, 15) is 9.59 Å². The number of furan rings is 1. The molecule has 152 valence electrons. The van der Waals surface area contributed by atoms with Gasteiger partial charge in [0.1, 0.15) is 23.8 Å². The van der Waals surface area contributed by atoms with E-state index in [1.54, 1.807) is 50.5 Å². The molecule has 0 aliphatic carbocycles. The summed E-state index contributed by atoms with van der Waals surface area (Å²) >= 11 is 5.84. The van der Waals surface area contributed by atoms with Crippen LogP contribution in [0.15, 0.2) is 47.0 Å². The van der Waals surface area contributed by atoms with Crippen molar-refractivity contribution in [3.05, 3.63) is 64.8 Å².